The summed E-state index contributed by atoms with van der Waals surface area (Å²) in [6.07, 6.45) is 1.60. The molecule has 2 heterocycles. The molecule has 1 fully saturated rings. The minimum atomic E-state index is -3.00. The first-order chi connectivity index (χ1) is 7.12. The average Bonchev–Trinajstić information content (AvgIpc) is 2.77. The number of amides is 1. The molecule has 2 aliphatic rings. The van der Waals surface area contributed by atoms with E-state index < -0.39 is 16.1 Å². The maximum absolute atomic E-state index is 11.2. The first-order valence-electron chi connectivity index (χ1n) is 4.47. The molecule has 15 heavy (non-hydrogen) atoms. The summed E-state index contributed by atoms with van der Waals surface area (Å²) in [7, 11) is -3.00. The Kier molecular flexibility index (Phi) is 2.51. The number of aliphatic imine (C=N–C) groups is 1. The van der Waals surface area contributed by atoms with Crippen LogP contribution in [-0.2, 0) is 14.6 Å². The van der Waals surface area contributed by atoms with Crippen LogP contribution in [0, 0.1) is 0 Å². The zero-order chi connectivity index (χ0) is 10.9. The molecule has 0 unspecified atom stereocenters. The predicted molar refractivity (Wildman–Crippen MR) is 52.1 cm³/mol. The van der Waals surface area contributed by atoms with E-state index in [0.29, 0.717) is 12.8 Å². The summed E-state index contributed by atoms with van der Waals surface area (Å²) in [5, 5.41) is 7.23. The fourth-order valence-corrected chi connectivity index (χ4v) is 3.41. The number of sulfone groups is 1. The molecule has 2 rings (SSSR count). The van der Waals surface area contributed by atoms with Crippen molar-refractivity contribution in [2.45, 2.75) is 18.8 Å². The molecule has 0 bridgehead atoms. The van der Waals surface area contributed by atoms with Crippen LogP contribution in [0.1, 0.15) is 6.42 Å². The van der Waals surface area contributed by atoms with Crippen LogP contribution < -0.4 is 0 Å². The van der Waals surface area contributed by atoms with Crippen molar-refractivity contribution in [2.24, 2.45) is 15.2 Å². The lowest BCUT2D eigenvalue weighted by molar-refractivity contribution is -0.121. The van der Waals surface area contributed by atoms with Crippen LogP contribution in [0.15, 0.2) is 15.2 Å². The third-order valence-corrected chi connectivity index (χ3v) is 4.19. The number of hydrogen-bond acceptors (Lipinski definition) is 6. The van der Waals surface area contributed by atoms with E-state index in [9.17, 15) is 13.2 Å². The maximum Gasteiger partial charge on any atom is 0.239 e. The lowest BCUT2D eigenvalue weighted by atomic mass is 10.2. The zero-order valence-electron chi connectivity index (χ0n) is 7.85. The van der Waals surface area contributed by atoms with Gasteiger partial charge < -0.3 is 0 Å². The van der Waals surface area contributed by atoms with E-state index in [4.69, 9.17) is 0 Å². The topological polar surface area (TPSA) is 91.5 Å². The third kappa shape index (κ3) is 2.04. The normalized spacial score (nSPS) is 32.0. The highest BCUT2D eigenvalue weighted by molar-refractivity contribution is 7.91. The molecule has 2 aliphatic heterocycles. The van der Waals surface area contributed by atoms with Crippen molar-refractivity contribution in [2.75, 3.05) is 11.5 Å². The van der Waals surface area contributed by atoms with Gasteiger partial charge in [-0.2, -0.15) is 0 Å². The molecule has 0 aromatic rings. The molecule has 2 atom stereocenters. The number of azo groups is 1. The Morgan fingerprint density at radius 1 is 1.47 bits per heavy atom. The molecule has 1 amide bonds. The summed E-state index contributed by atoms with van der Waals surface area (Å²) < 4.78 is 22.5. The molecule has 8 heteroatoms. The van der Waals surface area contributed by atoms with Gasteiger partial charge in [-0.15, -0.1) is 10.2 Å². The van der Waals surface area contributed by atoms with Crippen molar-refractivity contribution in [3.8, 4) is 0 Å². The third-order valence-electron chi connectivity index (χ3n) is 2.44. The monoisotopic (exact) mass is 230 g/mol. The first-order valence-corrected chi connectivity index (χ1v) is 6.29. The molecule has 82 valence electrons. The summed E-state index contributed by atoms with van der Waals surface area (Å²) in [5.74, 6) is 0.114. The minimum Gasteiger partial charge on any atom is -0.299 e. The fourth-order valence-electron chi connectivity index (χ4n) is 1.68. The van der Waals surface area contributed by atoms with Crippen molar-refractivity contribution in [1.82, 2.24) is 4.90 Å². The van der Waals surface area contributed by atoms with Gasteiger partial charge in [0.15, 0.2) is 9.84 Å². The number of carbonyl (C=O) groups excluding carboxylic acids is 1. The van der Waals surface area contributed by atoms with Crippen molar-refractivity contribution < 1.29 is 13.2 Å². The summed E-state index contributed by atoms with van der Waals surface area (Å²) in [6, 6.07) is -0.327. The van der Waals surface area contributed by atoms with Crippen LogP contribution in [0.2, 0.25) is 0 Å². The van der Waals surface area contributed by atoms with Crippen molar-refractivity contribution in [3.05, 3.63) is 0 Å². The largest absolute Gasteiger partial charge is 0.299 e. The number of hydrogen-bond donors (Lipinski definition) is 0. The Morgan fingerprint density at radius 3 is 2.73 bits per heavy atom. The molecule has 0 aromatic heterocycles. The van der Waals surface area contributed by atoms with Gasteiger partial charge in [0.1, 0.15) is 6.34 Å². The number of rotatable bonds is 3. The fraction of sp³-hybridized carbons (Fsp3) is 0.714. The van der Waals surface area contributed by atoms with Gasteiger partial charge in [0.25, 0.3) is 0 Å². The van der Waals surface area contributed by atoms with E-state index in [1.165, 1.54) is 11.2 Å². The second kappa shape index (κ2) is 3.69. The van der Waals surface area contributed by atoms with Crippen LogP contribution in [0.3, 0.4) is 0 Å². The van der Waals surface area contributed by atoms with E-state index in [-0.39, 0.29) is 17.5 Å². The van der Waals surface area contributed by atoms with Crippen LogP contribution >= 0.6 is 0 Å². The highest BCUT2D eigenvalue weighted by atomic mass is 32.2. The Bertz CT molecular complexity index is 404. The van der Waals surface area contributed by atoms with Crippen LogP contribution in [0.25, 0.3) is 0 Å². The average molecular weight is 230 g/mol. The first kappa shape index (κ1) is 10.2. The van der Waals surface area contributed by atoms with E-state index in [0.717, 1.165) is 0 Å². The molecule has 0 spiro atoms. The second-order valence-corrected chi connectivity index (χ2v) is 5.68. The van der Waals surface area contributed by atoms with Gasteiger partial charge in [0, 0.05) is 0 Å². The van der Waals surface area contributed by atoms with Gasteiger partial charge in [-0.05, 0) is 6.42 Å². The SMILES string of the molecule is O=CN([C@@H]1CCS(=O)(=O)C1)[C@H]1N=CN=N1. The highest BCUT2D eigenvalue weighted by Crippen LogP contribution is 2.20. The molecule has 7 nitrogen and oxygen atoms in total. The minimum absolute atomic E-state index is 0.00667. The standard InChI is InChI=1S/C7H10N4O3S/c12-5-11(7-8-4-9-10-7)6-1-2-15(13,14)3-6/h4-7H,1-3H2/t6-,7+/m1/s1. The van der Waals surface area contributed by atoms with Crippen LogP contribution in [0.5, 0.6) is 0 Å². The van der Waals surface area contributed by atoms with Gasteiger partial charge in [-0.1, -0.05) is 0 Å². The van der Waals surface area contributed by atoms with E-state index in [1.807, 2.05) is 0 Å². The van der Waals surface area contributed by atoms with Crippen molar-refractivity contribution >= 4 is 22.6 Å². The molecule has 0 aromatic carbocycles. The maximum atomic E-state index is 11.2. The Hall–Kier alpha value is -1.31. The Labute approximate surface area is 86.8 Å². The number of nitrogens with zero attached hydrogens (tertiary/aromatic N) is 4. The summed E-state index contributed by atoms with van der Waals surface area (Å²) in [6.45, 7) is 0. The lowest BCUT2D eigenvalue weighted by Crippen LogP contribution is -2.40. The highest BCUT2D eigenvalue weighted by Gasteiger charge is 2.35. The van der Waals surface area contributed by atoms with Gasteiger partial charge in [0.2, 0.25) is 12.7 Å². The van der Waals surface area contributed by atoms with E-state index in [2.05, 4.69) is 15.2 Å². The smallest absolute Gasteiger partial charge is 0.239 e. The summed E-state index contributed by atoms with van der Waals surface area (Å²) >= 11 is 0. The van der Waals surface area contributed by atoms with Gasteiger partial charge >= 0.3 is 0 Å². The van der Waals surface area contributed by atoms with Crippen molar-refractivity contribution in [1.29, 1.82) is 0 Å². The molecule has 0 N–H and O–H groups in total. The quantitative estimate of drug-likeness (QED) is 0.606. The predicted octanol–water partition coefficient (Wildman–Crippen LogP) is -0.590. The Balaban J connectivity index is 2.11. The second-order valence-electron chi connectivity index (χ2n) is 3.45. The van der Waals surface area contributed by atoms with Gasteiger partial charge in [0.05, 0.1) is 17.5 Å². The van der Waals surface area contributed by atoms with Crippen molar-refractivity contribution in [3.63, 3.8) is 0 Å². The summed E-state index contributed by atoms with van der Waals surface area (Å²) in [5.41, 5.74) is 0. The molecule has 0 saturated carbocycles. The molecule has 0 aliphatic carbocycles. The summed E-state index contributed by atoms with van der Waals surface area (Å²) in [4.78, 5) is 16.0. The molecular weight excluding hydrogens is 220 g/mol. The number of carbonyl (C=O) groups is 1. The van der Waals surface area contributed by atoms with E-state index in [1.54, 1.807) is 0 Å². The van der Waals surface area contributed by atoms with E-state index >= 15 is 0 Å². The van der Waals surface area contributed by atoms with Gasteiger partial charge in [-0.25, -0.2) is 13.4 Å². The molecular formula is C7H10N4O3S. The Morgan fingerprint density at radius 2 is 2.27 bits per heavy atom. The lowest BCUT2D eigenvalue weighted by Gasteiger charge is -2.24. The van der Waals surface area contributed by atoms with Gasteiger partial charge in [-0.3, -0.25) is 9.69 Å². The van der Waals surface area contributed by atoms with Crippen LogP contribution in [0.4, 0.5) is 0 Å². The zero-order valence-corrected chi connectivity index (χ0v) is 8.67. The van der Waals surface area contributed by atoms with Crippen LogP contribution in [-0.4, -0.2) is 49.9 Å². The molecule has 1 saturated heterocycles. The molecule has 0 radical (unpaired) electrons.